The van der Waals surface area contributed by atoms with Crippen LogP contribution in [0.15, 0.2) is 59.5 Å². The van der Waals surface area contributed by atoms with Gasteiger partial charge in [0, 0.05) is 26.2 Å². The van der Waals surface area contributed by atoms with Gasteiger partial charge in [-0.05, 0) is 24.3 Å². The van der Waals surface area contributed by atoms with E-state index in [-0.39, 0.29) is 11.7 Å². The molecule has 1 aliphatic heterocycles. The molecule has 2 aromatic heterocycles. The lowest BCUT2D eigenvalue weighted by Gasteiger charge is -2.36. The Morgan fingerprint density at radius 2 is 1.89 bits per heavy atom. The van der Waals surface area contributed by atoms with E-state index in [1.807, 2.05) is 23.1 Å². The Morgan fingerprint density at radius 1 is 1.07 bits per heavy atom. The van der Waals surface area contributed by atoms with Gasteiger partial charge in [-0.2, -0.15) is 0 Å². The van der Waals surface area contributed by atoms with Gasteiger partial charge in [-0.25, -0.2) is 14.4 Å². The number of aromatic nitrogens is 2. The van der Waals surface area contributed by atoms with Gasteiger partial charge in [0.05, 0.1) is 30.9 Å². The van der Waals surface area contributed by atoms with Gasteiger partial charge in [-0.1, -0.05) is 12.1 Å². The lowest BCUT2D eigenvalue weighted by molar-refractivity contribution is 0.0740. The lowest BCUT2D eigenvalue weighted by Crippen LogP contribution is -2.49. The van der Waals surface area contributed by atoms with Crippen LogP contribution in [0.3, 0.4) is 0 Å². The SMILES string of the molecule is O=C(c1cnc(NCc2ccco2)cn1)N1CCN(c2ccccc2F)CC1. The molecule has 4 rings (SSSR count). The van der Waals surface area contributed by atoms with Crippen LogP contribution in [0.1, 0.15) is 16.2 Å². The Balaban J connectivity index is 1.33. The van der Waals surface area contributed by atoms with E-state index in [4.69, 9.17) is 4.42 Å². The van der Waals surface area contributed by atoms with Crippen molar-refractivity contribution in [1.29, 1.82) is 0 Å². The normalized spacial score (nSPS) is 14.2. The molecule has 7 nitrogen and oxygen atoms in total. The topological polar surface area (TPSA) is 74.5 Å². The van der Waals surface area contributed by atoms with Crippen LogP contribution < -0.4 is 10.2 Å². The van der Waals surface area contributed by atoms with Crippen molar-refractivity contribution in [2.75, 3.05) is 36.4 Å². The van der Waals surface area contributed by atoms with Crippen LogP contribution >= 0.6 is 0 Å². The number of nitrogens with zero attached hydrogens (tertiary/aromatic N) is 4. The van der Waals surface area contributed by atoms with Crippen LogP contribution in [-0.4, -0.2) is 47.0 Å². The van der Waals surface area contributed by atoms with Crippen LogP contribution in [0.5, 0.6) is 0 Å². The molecule has 0 spiro atoms. The Kier molecular flexibility index (Phi) is 5.18. The van der Waals surface area contributed by atoms with E-state index < -0.39 is 0 Å². The number of carbonyl (C=O) groups is 1. The predicted molar refractivity (Wildman–Crippen MR) is 103 cm³/mol. The summed E-state index contributed by atoms with van der Waals surface area (Å²) in [5, 5.41) is 3.09. The second-order valence-corrected chi connectivity index (χ2v) is 6.45. The third kappa shape index (κ3) is 3.95. The van der Waals surface area contributed by atoms with Crippen molar-refractivity contribution in [3.05, 3.63) is 72.3 Å². The van der Waals surface area contributed by atoms with Crippen molar-refractivity contribution >= 4 is 17.4 Å². The molecule has 1 fully saturated rings. The molecule has 0 radical (unpaired) electrons. The number of nitrogens with one attached hydrogen (secondary N) is 1. The fraction of sp³-hybridized carbons (Fsp3) is 0.250. The average Bonchev–Trinajstić information content (AvgIpc) is 3.26. The molecule has 0 bridgehead atoms. The van der Waals surface area contributed by atoms with Gasteiger partial charge in [-0.15, -0.1) is 0 Å². The average molecular weight is 381 g/mol. The van der Waals surface area contributed by atoms with Crippen LogP contribution in [0.2, 0.25) is 0 Å². The molecular weight excluding hydrogens is 361 g/mol. The summed E-state index contributed by atoms with van der Waals surface area (Å²) in [5.41, 5.74) is 0.865. The van der Waals surface area contributed by atoms with Crippen molar-refractivity contribution in [2.45, 2.75) is 6.54 Å². The zero-order chi connectivity index (χ0) is 19.3. The fourth-order valence-corrected chi connectivity index (χ4v) is 3.14. The van der Waals surface area contributed by atoms with Gasteiger partial charge in [-0.3, -0.25) is 4.79 Å². The molecule has 1 aliphatic rings. The summed E-state index contributed by atoms with van der Waals surface area (Å²) >= 11 is 0. The highest BCUT2D eigenvalue weighted by molar-refractivity contribution is 5.92. The Morgan fingerprint density at radius 3 is 2.57 bits per heavy atom. The van der Waals surface area contributed by atoms with Gasteiger partial charge in [0.2, 0.25) is 0 Å². The van der Waals surface area contributed by atoms with Crippen LogP contribution in [-0.2, 0) is 6.54 Å². The number of anilines is 2. The Bertz CT molecular complexity index is 922. The molecule has 3 aromatic rings. The van der Waals surface area contributed by atoms with E-state index in [0.717, 1.165) is 5.76 Å². The second-order valence-electron chi connectivity index (χ2n) is 6.45. The number of hydrogen-bond acceptors (Lipinski definition) is 6. The number of amides is 1. The number of benzene rings is 1. The van der Waals surface area contributed by atoms with Crippen LogP contribution in [0, 0.1) is 5.82 Å². The zero-order valence-electron chi connectivity index (χ0n) is 15.2. The molecular formula is C20H20FN5O2. The summed E-state index contributed by atoms with van der Waals surface area (Å²) in [6, 6.07) is 10.4. The maximum Gasteiger partial charge on any atom is 0.274 e. The van der Waals surface area contributed by atoms with Crippen molar-refractivity contribution in [3.63, 3.8) is 0 Å². The quantitative estimate of drug-likeness (QED) is 0.733. The Labute approximate surface area is 161 Å². The minimum Gasteiger partial charge on any atom is -0.467 e. The molecule has 0 atom stereocenters. The highest BCUT2D eigenvalue weighted by atomic mass is 19.1. The standard InChI is InChI=1S/C20H20FN5O2/c21-16-5-1-2-6-18(16)25-7-9-26(10-8-25)20(27)17-13-24-19(14-22-17)23-12-15-4-3-11-28-15/h1-6,11,13-14H,7-10,12H2,(H,23,24). The van der Waals surface area contributed by atoms with Crippen molar-refractivity contribution in [1.82, 2.24) is 14.9 Å². The highest BCUT2D eigenvalue weighted by Crippen LogP contribution is 2.20. The third-order valence-electron chi connectivity index (χ3n) is 4.65. The van der Waals surface area contributed by atoms with E-state index in [9.17, 15) is 9.18 Å². The predicted octanol–water partition coefficient (Wildman–Crippen LogP) is 2.78. The van der Waals surface area contributed by atoms with Gasteiger partial charge in [0.15, 0.2) is 0 Å². The van der Waals surface area contributed by atoms with Crippen molar-refractivity contribution < 1.29 is 13.6 Å². The lowest BCUT2D eigenvalue weighted by atomic mass is 10.2. The molecule has 3 heterocycles. The largest absolute Gasteiger partial charge is 0.467 e. The summed E-state index contributed by atoms with van der Waals surface area (Å²) in [6.07, 6.45) is 4.61. The van der Waals surface area contributed by atoms with Crippen molar-refractivity contribution in [2.24, 2.45) is 0 Å². The fourth-order valence-electron chi connectivity index (χ4n) is 3.14. The van der Waals surface area contributed by atoms with Gasteiger partial charge in [0.1, 0.15) is 23.1 Å². The summed E-state index contributed by atoms with van der Waals surface area (Å²) in [5.74, 6) is 0.941. The van der Waals surface area contributed by atoms with Crippen LogP contribution in [0.4, 0.5) is 15.9 Å². The molecule has 1 aromatic carbocycles. The molecule has 144 valence electrons. The van der Waals surface area contributed by atoms with Gasteiger partial charge in [0.25, 0.3) is 5.91 Å². The number of carbonyl (C=O) groups excluding carboxylic acids is 1. The first kappa shape index (κ1) is 18.0. The van der Waals surface area contributed by atoms with E-state index in [0.29, 0.717) is 49.9 Å². The van der Waals surface area contributed by atoms with Crippen molar-refractivity contribution in [3.8, 4) is 0 Å². The van der Waals surface area contributed by atoms with Crippen LogP contribution in [0.25, 0.3) is 0 Å². The maximum atomic E-state index is 13.9. The monoisotopic (exact) mass is 381 g/mol. The highest BCUT2D eigenvalue weighted by Gasteiger charge is 2.24. The van der Waals surface area contributed by atoms with Gasteiger partial charge >= 0.3 is 0 Å². The minimum atomic E-state index is -0.245. The first-order valence-electron chi connectivity index (χ1n) is 9.08. The van der Waals surface area contributed by atoms with E-state index in [1.165, 1.54) is 18.5 Å². The number of halogens is 1. The van der Waals surface area contributed by atoms with Gasteiger partial charge < -0.3 is 19.5 Å². The molecule has 28 heavy (non-hydrogen) atoms. The number of furan rings is 1. The molecule has 0 saturated carbocycles. The van der Waals surface area contributed by atoms with E-state index in [1.54, 1.807) is 23.3 Å². The molecule has 8 heteroatoms. The molecule has 0 aliphatic carbocycles. The number of piperazine rings is 1. The molecule has 1 N–H and O–H groups in total. The third-order valence-corrected chi connectivity index (χ3v) is 4.65. The first-order chi connectivity index (χ1) is 13.7. The first-order valence-corrected chi connectivity index (χ1v) is 9.08. The molecule has 0 unspecified atom stereocenters. The summed E-state index contributed by atoms with van der Waals surface area (Å²) in [6.45, 7) is 2.65. The molecule has 1 amide bonds. The number of rotatable bonds is 5. The number of para-hydroxylation sites is 1. The second kappa shape index (κ2) is 8.08. The summed E-state index contributed by atoms with van der Waals surface area (Å²) in [7, 11) is 0. The van der Waals surface area contributed by atoms with E-state index >= 15 is 0 Å². The summed E-state index contributed by atoms with van der Waals surface area (Å²) in [4.78, 5) is 24.8. The van der Waals surface area contributed by atoms with E-state index in [2.05, 4.69) is 15.3 Å². The Hall–Kier alpha value is -3.42. The smallest absolute Gasteiger partial charge is 0.274 e. The summed E-state index contributed by atoms with van der Waals surface area (Å²) < 4.78 is 19.2. The molecule has 1 saturated heterocycles. The number of hydrogen-bond donors (Lipinski definition) is 1. The maximum absolute atomic E-state index is 13.9. The zero-order valence-corrected chi connectivity index (χ0v) is 15.2. The minimum absolute atomic E-state index is 0.168.